The Hall–Kier alpha value is -1.95. The lowest BCUT2D eigenvalue weighted by Crippen LogP contribution is -2.20. The average molecular weight is 236 g/mol. The number of hydrogen-bond acceptors (Lipinski definition) is 4. The fourth-order valence-corrected chi connectivity index (χ4v) is 1.85. The summed E-state index contributed by atoms with van der Waals surface area (Å²) in [6.07, 6.45) is 3.16. The minimum Gasteiger partial charge on any atom is -0.478 e. The van der Waals surface area contributed by atoms with Crippen LogP contribution in [-0.2, 0) is 6.54 Å². The highest BCUT2D eigenvalue weighted by atomic mass is 32.1. The second-order valence-electron chi connectivity index (χ2n) is 3.15. The number of carbonyl (C=O) groups is 1. The fourth-order valence-electron chi connectivity index (χ4n) is 1.26. The lowest BCUT2D eigenvalue weighted by atomic mass is 10.3. The molecule has 0 atom stereocenters. The minimum atomic E-state index is -1.10. The first-order chi connectivity index (χ1) is 7.66. The number of pyridine rings is 1. The van der Waals surface area contributed by atoms with Crippen LogP contribution in [-0.4, -0.2) is 20.6 Å². The Morgan fingerprint density at radius 1 is 1.56 bits per heavy atom. The molecule has 16 heavy (non-hydrogen) atoms. The Bertz CT molecular complexity index is 560. The van der Waals surface area contributed by atoms with Gasteiger partial charge in [-0.2, -0.15) is 0 Å². The molecular formula is C10H8N2O3S. The van der Waals surface area contributed by atoms with Crippen molar-refractivity contribution < 1.29 is 9.90 Å². The first kappa shape index (κ1) is 10.6. The van der Waals surface area contributed by atoms with E-state index in [0.29, 0.717) is 6.54 Å². The highest BCUT2D eigenvalue weighted by molar-refractivity contribution is 7.09. The molecule has 0 unspecified atom stereocenters. The molecule has 2 aromatic rings. The van der Waals surface area contributed by atoms with E-state index in [-0.39, 0.29) is 11.1 Å². The summed E-state index contributed by atoms with van der Waals surface area (Å²) in [6, 6.07) is 2.52. The molecule has 2 aromatic heterocycles. The summed E-state index contributed by atoms with van der Waals surface area (Å²) in [7, 11) is 0. The molecule has 1 N–H and O–H groups in total. The third-order valence-corrected chi connectivity index (χ3v) is 2.82. The lowest BCUT2D eigenvalue weighted by Gasteiger charge is -2.03. The minimum absolute atomic E-state index is 0.00514. The van der Waals surface area contributed by atoms with Gasteiger partial charge < -0.3 is 9.67 Å². The van der Waals surface area contributed by atoms with E-state index >= 15 is 0 Å². The standard InChI is InChI=1S/C10H8N2O3S/c13-9-3-7(10(14)15)1-2-12(9)5-8-4-11-6-16-8/h1-4,6H,5H2,(H,14,15). The summed E-state index contributed by atoms with van der Waals surface area (Å²) in [6.45, 7) is 0.420. The van der Waals surface area contributed by atoms with E-state index in [0.717, 1.165) is 10.9 Å². The van der Waals surface area contributed by atoms with Crippen molar-refractivity contribution in [3.8, 4) is 0 Å². The topological polar surface area (TPSA) is 72.2 Å². The molecule has 82 valence electrons. The second kappa shape index (κ2) is 4.28. The zero-order chi connectivity index (χ0) is 11.5. The van der Waals surface area contributed by atoms with Gasteiger partial charge in [-0.25, -0.2) is 4.79 Å². The molecule has 6 heteroatoms. The van der Waals surface area contributed by atoms with Crippen LogP contribution in [0.15, 0.2) is 34.8 Å². The van der Waals surface area contributed by atoms with E-state index in [1.54, 1.807) is 11.7 Å². The predicted molar refractivity (Wildman–Crippen MR) is 58.9 cm³/mol. The van der Waals surface area contributed by atoms with Gasteiger partial charge in [-0.1, -0.05) is 0 Å². The highest BCUT2D eigenvalue weighted by Gasteiger charge is 2.05. The van der Waals surface area contributed by atoms with Gasteiger partial charge in [0.15, 0.2) is 0 Å². The molecule has 2 heterocycles. The van der Waals surface area contributed by atoms with Crippen LogP contribution in [0, 0.1) is 0 Å². The Morgan fingerprint density at radius 2 is 2.38 bits per heavy atom. The number of hydrogen-bond donors (Lipinski definition) is 1. The molecule has 0 aliphatic heterocycles. The summed E-state index contributed by atoms with van der Waals surface area (Å²) in [4.78, 5) is 27.0. The highest BCUT2D eigenvalue weighted by Crippen LogP contribution is 2.06. The number of carboxylic acids is 1. The molecule has 0 amide bonds. The molecule has 0 aromatic carbocycles. The molecule has 0 saturated carbocycles. The molecule has 0 spiro atoms. The van der Waals surface area contributed by atoms with Crippen molar-refractivity contribution in [3.63, 3.8) is 0 Å². The number of nitrogens with zero attached hydrogens (tertiary/aromatic N) is 2. The largest absolute Gasteiger partial charge is 0.478 e. The van der Waals surface area contributed by atoms with Crippen molar-refractivity contribution in [2.75, 3.05) is 0 Å². The van der Waals surface area contributed by atoms with Crippen molar-refractivity contribution in [1.82, 2.24) is 9.55 Å². The second-order valence-corrected chi connectivity index (χ2v) is 4.13. The number of aromatic carboxylic acids is 1. The van der Waals surface area contributed by atoms with Crippen LogP contribution >= 0.6 is 11.3 Å². The van der Waals surface area contributed by atoms with Crippen LogP contribution in [0.2, 0.25) is 0 Å². The molecule has 0 fully saturated rings. The fraction of sp³-hybridized carbons (Fsp3) is 0.100. The molecule has 0 radical (unpaired) electrons. The Morgan fingerprint density at radius 3 is 2.94 bits per heavy atom. The van der Waals surface area contributed by atoms with Crippen LogP contribution in [0.25, 0.3) is 0 Å². The van der Waals surface area contributed by atoms with Crippen LogP contribution in [0.5, 0.6) is 0 Å². The smallest absolute Gasteiger partial charge is 0.335 e. The molecule has 0 bridgehead atoms. The lowest BCUT2D eigenvalue weighted by molar-refractivity contribution is 0.0696. The van der Waals surface area contributed by atoms with Gasteiger partial charge in [-0.3, -0.25) is 9.78 Å². The molecule has 0 aliphatic rings. The van der Waals surface area contributed by atoms with Crippen LogP contribution in [0.1, 0.15) is 15.2 Å². The van der Waals surface area contributed by atoms with Gasteiger partial charge in [0.1, 0.15) is 0 Å². The van der Waals surface area contributed by atoms with E-state index in [9.17, 15) is 9.59 Å². The SMILES string of the molecule is O=C(O)c1ccn(Cc2cncs2)c(=O)c1. The van der Waals surface area contributed by atoms with Gasteiger partial charge in [0.2, 0.25) is 0 Å². The van der Waals surface area contributed by atoms with Crippen molar-refractivity contribution in [3.05, 3.63) is 50.8 Å². The summed E-state index contributed by atoms with van der Waals surface area (Å²) < 4.78 is 1.44. The maximum atomic E-state index is 11.6. The third kappa shape index (κ3) is 2.17. The zero-order valence-corrected chi connectivity index (χ0v) is 8.98. The predicted octanol–water partition coefficient (Wildman–Crippen LogP) is 1.05. The number of carboxylic acid groups (broad SMARTS) is 1. The first-order valence-corrected chi connectivity index (χ1v) is 5.36. The van der Waals surface area contributed by atoms with E-state index in [2.05, 4.69) is 4.98 Å². The zero-order valence-electron chi connectivity index (χ0n) is 8.16. The van der Waals surface area contributed by atoms with Crippen LogP contribution < -0.4 is 5.56 Å². The van der Waals surface area contributed by atoms with Gasteiger partial charge in [-0.05, 0) is 6.07 Å². The van der Waals surface area contributed by atoms with Gasteiger partial charge in [-0.15, -0.1) is 11.3 Å². The van der Waals surface area contributed by atoms with Crippen molar-refractivity contribution in [2.24, 2.45) is 0 Å². The number of rotatable bonds is 3. The van der Waals surface area contributed by atoms with Gasteiger partial charge >= 0.3 is 5.97 Å². The monoisotopic (exact) mass is 236 g/mol. The van der Waals surface area contributed by atoms with Crippen molar-refractivity contribution in [2.45, 2.75) is 6.54 Å². The Labute approximate surface area is 94.6 Å². The number of aromatic nitrogens is 2. The third-order valence-electron chi connectivity index (χ3n) is 2.05. The quantitative estimate of drug-likeness (QED) is 0.864. The summed E-state index contributed by atoms with van der Waals surface area (Å²) in [5.41, 5.74) is 1.37. The van der Waals surface area contributed by atoms with Gasteiger partial charge in [0, 0.05) is 23.3 Å². The van der Waals surface area contributed by atoms with Gasteiger partial charge in [0.25, 0.3) is 5.56 Å². The normalized spacial score (nSPS) is 10.2. The van der Waals surface area contributed by atoms with Crippen LogP contribution in [0.3, 0.4) is 0 Å². The van der Waals surface area contributed by atoms with E-state index in [1.165, 1.54) is 28.2 Å². The summed E-state index contributed by atoms with van der Waals surface area (Å²) in [5.74, 6) is -1.10. The molecule has 0 aliphatic carbocycles. The van der Waals surface area contributed by atoms with Crippen molar-refractivity contribution in [1.29, 1.82) is 0 Å². The van der Waals surface area contributed by atoms with Crippen molar-refractivity contribution >= 4 is 17.3 Å². The Kier molecular flexibility index (Phi) is 2.82. The summed E-state index contributed by atoms with van der Waals surface area (Å²) >= 11 is 1.45. The maximum absolute atomic E-state index is 11.6. The average Bonchev–Trinajstić information content (AvgIpc) is 2.73. The molecule has 5 nitrogen and oxygen atoms in total. The maximum Gasteiger partial charge on any atom is 0.335 e. The molecule has 2 rings (SSSR count). The Balaban J connectivity index is 2.30. The number of thiazole rings is 1. The van der Waals surface area contributed by atoms with E-state index in [1.807, 2.05) is 0 Å². The van der Waals surface area contributed by atoms with E-state index < -0.39 is 5.97 Å². The molecular weight excluding hydrogens is 228 g/mol. The van der Waals surface area contributed by atoms with E-state index in [4.69, 9.17) is 5.11 Å². The van der Waals surface area contributed by atoms with Crippen LogP contribution in [0.4, 0.5) is 0 Å². The summed E-state index contributed by atoms with van der Waals surface area (Å²) in [5, 5.41) is 8.70. The first-order valence-electron chi connectivity index (χ1n) is 4.48. The molecule has 0 saturated heterocycles. The van der Waals surface area contributed by atoms with Gasteiger partial charge in [0.05, 0.1) is 17.6 Å².